The minimum atomic E-state index is -0.541. The van der Waals surface area contributed by atoms with Crippen molar-refractivity contribution in [2.75, 3.05) is 35.6 Å². The predicted molar refractivity (Wildman–Crippen MR) is 80.0 cm³/mol. The fourth-order valence-corrected chi connectivity index (χ4v) is 2.20. The molecule has 1 unspecified atom stereocenters. The highest BCUT2D eigenvalue weighted by molar-refractivity contribution is 5.78. The summed E-state index contributed by atoms with van der Waals surface area (Å²) >= 11 is 0. The van der Waals surface area contributed by atoms with Crippen LogP contribution in [0.15, 0.2) is 0 Å². The zero-order valence-electron chi connectivity index (χ0n) is 12.5. The van der Waals surface area contributed by atoms with Crippen molar-refractivity contribution >= 4 is 23.8 Å². The number of carbonyl (C=O) groups is 1. The van der Waals surface area contributed by atoms with Crippen LogP contribution in [0.2, 0.25) is 0 Å². The van der Waals surface area contributed by atoms with E-state index in [4.69, 9.17) is 10.5 Å². The van der Waals surface area contributed by atoms with Crippen LogP contribution >= 0.6 is 0 Å². The summed E-state index contributed by atoms with van der Waals surface area (Å²) in [4.78, 5) is 26.2. The molecule has 1 aliphatic heterocycles. The highest BCUT2D eigenvalue weighted by Crippen LogP contribution is 2.17. The molecular formula is C13H22N6O2. The van der Waals surface area contributed by atoms with Gasteiger partial charge in [-0.25, -0.2) is 4.79 Å². The maximum atomic E-state index is 11.6. The lowest BCUT2D eigenvalue weighted by Gasteiger charge is -2.26. The van der Waals surface area contributed by atoms with E-state index in [1.807, 2.05) is 0 Å². The lowest BCUT2D eigenvalue weighted by molar-refractivity contribution is -0.143. The van der Waals surface area contributed by atoms with Crippen LogP contribution < -0.4 is 16.0 Å². The van der Waals surface area contributed by atoms with Gasteiger partial charge in [0.25, 0.3) is 0 Å². The van der Waals surface area contributed by atoms with E-state index in [0.29, 0.717) is 18.5 Å². The van der Waals surface area contributed by atoms with Gasteiger partial charge in [-0.1, -0.05) is 0 Å². The summed E-state index contributed by atoms with van der Waals surface area (Å²) in [6.45, 7) is 5.62. The Hall–Kier alpha value is -2.12. The fourth-order valence-electron chi connectivity index (χ4n) is 2.20. The second-order valence-electron chi connectivity index (χ2n) is 4.98. The van der Waals surface area contributed by atoms with Gasteiger partial charge in [-0.3, -0.25) is 0 Å². The monoisotopic (exact) mass is 294 g/mol. The fraction of sp³-hybridized carbons (Fsp3) is 0.692. The minimum Gasteiger partial charge on any atom is -0.464 e. The van der Waals surface area contributed by atoms with Crippen molar-refractivity contribution in [3.05, 3.63) is 0 Å². The third-order valence-corrected chi connectivity index (χ3v) is 3.27. The first-order valence-electron chi connectivity index (χ1n) is 7.30. The summed E-state index contributed by atoms with van der Waals surface area (Å²) in [6.07, 6.45) is 3.46. The van der Waals surface area contributed by atoms with Gasteiger partial charge >= 0.3 is 5.97 Å². The number of aromatic nitrogens is 3. The molecule has 1 saturated heterocycles. The molecule has 2 heterocycles. The number of ether oxygens (including phenoxy) is 1. The molecule has 1 fully saturated rings. The summed E-state index contributed by atoms with van der Waals surface area (Å²) in [5, 5.41) is 2.90. The van der Waals surface area contributed by atoms with Crippen LogP contribution in [0.3, 0.4) is 0 Å². The van der Waals surface area contributed by atoms with Crippen molar-refractivity contribution in [2.24, 2.45) is 0 Å². The summed E-state index contributed by atoms with van der Waals surface area (Å²) < 4.78 is 4.94. The van der Waals surface area contributed by atoms with Gasteiger partial charge in [-0.15, -0.1) is 0 Å². The second-order valence-corrected chi connectivity index (χ2v) is 4.98. The molecule has 1 aromatic heterocycles. The first-order valence-corrected chi connectivity index (χ1v) is 7.30. The number of anilines is 3. The smallest absolute Gasteiger partial charge is 0.328 e. The number of nitrogens with one attached hydrogen (secondary N) is 1. The van der Waals surface area contributed by atoms with Gasteiger partial charge < -0.3 is 20.7 Å². The van der Waals surface area contributed by atoms with E-state index in [0.717, 1.165) is 25.9 Å². The molecule has 1 atom stereocenters. The Morgan fingerprint density at radius 1 is 1.33 bits per heavy atom. The average molecular weight is 294 g/mol. The third-order valence-electron chi connectivity index (χ3n) is 3.27. The molecule has 0 aliphatic carbocycles. The molecule has 1 aromatic rings. The molecule has 8 nitrogen and oxygen atoms in total. The Bertz CT molecular complexity index is 490. The highest BCUT2D eigenvalue weighted by Gasteiger charge is 2.18. The van der Waals surface area contributed by atoms with Crippen molar-refractivity contribution in [2.45, 2.75) is 39.2 Å². The molecule has 0 aromatic carbocycles. The molecule has 0 bridgehead atoms. The molecule has 0 radical (unpaired) electrons. The van der Waals surface area contributed by atoms with Crippen molar-refractivity contribution < 1.29 is 9.53 Å². The van der Waals surface area contributed by atoms with Crippen LogP contribution in [-0.4, -0.2) is 46.7 Å². The molecule has 1 aliphatic rings. The molecule has 3 N–H and O–H groups in total. The molecule has 0 spiro atoms. The summed E-state index contributed by atoms with van der Waals surface area (Å²) in [6, 6.07) is -0.541. The third kappa shape index (κ3) is 4.17. The number of nitrogens with two attached hydrogens (primary N) is 1. The van der Waals surface area contributed by atoms with Gasteiger partial charge in [0.15, 0.2) is 0 Å². The Labute approximate surface area is 124 Å². The van der Waals surface area contributed by atoms with Crippen LogP contribution in [0.5, 0.6) is 0 Å². The number of esters is 1. The van der Waals surface area contributed by atoms with E-state index in [2.05, 4.69) is 25.2 Å². The number of piperidine rings is 1. The first-order chi connectivity index (χ1) is 10.1. The molecule has 116 valence electrons. The van der Waals surface area contributed by atoms with E-state index in [9.17, 15) is 4.79 Å². The number of rotatable bonds is 5. The van der Waals surface area contributed by atoms with E-state index >= 15 is 0 Å². The quantitative estimate of drug-likeness (QED) is 0.768. The first kappa shape index (κ1) is 15.3. The number of carbonyl (C=O) groups excluding carboxylic acids is 1. The Morgan fingerprint density at radius 3 is 2.71 bits per heavy atom. The van der Waals surface area contributed by atoms with Crippen LogP contribution in [0, 0.1) is 0 Å². The van der Waals surface area contributed by atoms with E-state index in [1.165, 1.54) is 6.42 Å². The molecule has 8 heteroatoms. The van der Waals surface area contributed by atoms with Gasteiger partial charge in [0.2, 0.25) is 17.8 Å². The maximum absolute atomic E-state index is 11.6. The van der Waals surface area contributed by atoms with Gasteiger partial charge in [0.1, 0.15) is 6.04 Å². The van der Waals surface area contributed by atoms with E-state index in [-0.39, 0.29) is 11.9 Å². The normalized spacial score (nSPS) is 16.4. The SMILES string of the molecule is CCOC(=O)C(C)Nc1nc(N)nc(N2CCCCC2)n1. The van der Waals surface area contributed by atoms with Crippen LogP contribution in [0.1, 0.15) is 33.1 Å². The van der Waals surface area contributed by atoms with Gasteiger partial charge in [0, 0.05) is 13.1 Å². The van der Waals surface area contributed by atoms with E-state index < -0.39 is 6.04 Å². The summed E-state index contributed by atoms with van der Waals surface area (Å²) in [5.74, 6) is 0.643. The molecule has 21 heavy (non-hydrogen) atoms. The molecule has 0 saturated carbocycles. The zero-order valence-corrected chi connectivity index (χ0v) is 12.5. The van der Waals surface area contributed by atoms with Crippen LogP contribution in [0.4, 0.5) is 17.8 Å². The summed E-state index contributed by atoms with van der Waals surface area (Å²) in [5.41, 5.74) is 5.73. The topological polar surface area (TPSA) is 106 Å². The number of hydrogen-bond acceptors (Lipinski definition) is 8. The predicted octanol–water partition coefficient (Wildman–Crippen LogP) is 0.808. The van der Waals surface area contributed by atoms with Crippen molar-refractivity contribution in [3.63, 3.8) is 0 Å². The van der Waals surface area contributed by atoms with Gasteiger partial charge in [0.05, 0.1) is 6.61 Å². The Balaban J connectivity index is 2.09. The summed E-state index contributed by atoms with van der Waals surface area (Å²) in [7, 11) is 0. The lowest BCUT2D eigenvalue weighted by Crippen LogP contribution is -2.33. The number of nitrogen functional groups attached to an aromatic ring is 1. The van der Waals surface area contributed by atoms with Crippen molar-refractivity contribution in [1.29, 1.82) is 0 Å². The molecular weight excluding hydrogens is 272 g/mol. The van der Waals surface area contributed by atoms with Gasteiger partial charge in [-0.2, -0.15) is 15.0 Å². The minimum absolute atomic E-state index is 0.143. The van der Waals surface area contributed by atoms with Crippen molar-refractivity contribution in [1.82, 2.24) is 15.0 Å². The van der Waals surface area contributed by atoms with Crippen molar-refractivity contribution in [3.8, 4) is 0 Å². The zero-order chi connectivity index (χ0) is 15.2. The second kappa shape index (κ2) is 7.05. The van der Waals surface area contributed by atoms with Crippen LogP contribution in [-0.2, 0) is 9.53 Å². The number of nitrogens with zero attached hydrogens (tertiary/aromatic N) is 4. The Morgan fingerprint density at radius 2 is 2.05 bits per heavy atom. The lowest BCUT2D eigenvalue weighted by atomic mass is 10.1. The average Bonchev–Trinajstić information content (AvgIpc) is 2.47. The Kier molecular flexibility index (Phi) is 5.13. The maximum Gasteiger partial charge on any atom is 0.328 e. The van der Waals surface area contributed by atoms with E-state index in [1.54, 1.807) is 13.8 Å². The molecule has 2 rings (SSSR count). The van der Waals surface area contributed by atoms with Gasteiger partial charge in [-0.05, 0) is 33.1 Å². The molecule has 0 amide bonds. The number of hydrogen-bond donors (Lipinski definition) is 2. The largest absolute Gasteiger partial charge is 0.464 e. The highest BCUT2D eigenvalue weighted by atomic mass is 16.5. The van der Waals surface area contributed by atoms with Crippen LogP contribution in [0.25, 0.3) is 0 Å². The standard InChI is InChI=1S/C13H22N6O2/c1-3-21-10(20)9(2)15-12-16-11(14)17-13(18-12)19-7-5-4-6-8-19/h9H,3-8H2,1-2H3,(H3,14,15,16,17,18).